The van der Waals surface area contributed by atoms with Gasteiger partial charge < -0.3 is 5.11 Å². The van der Waals surface area contributed by atoms with Gasteiger partial charge in [0.2, 0.25) is 0 Å². The summed E-state index contributed by atoms with van der Waals surface area (Å²) in [5.74, 6) is -1.42. The van der Waals surface area contributed by atoms with Crippen LogP contribution in [0.4, 0.5) is 4.79 Å². The second-order valence-corrected chi connectivity index (χ2v) is 6.14. The van der Waals surface area contributed by atoms with Gasteiger partial charge in [-0.2, -0.15) is 0 Å². The maximum atomic E-state index is 12.4. The molecule has 0 bridgehead atoms. The summed E-state index contributed by atoms with van der Waals surface area (Å²) in [6.07, 6.45) is 4.72. The molecule has 2 heterocycles. The van der Waals surface area contributed by atoms with Gasteiger partial charge in [0, 0.05) is 19.1 Å². The van der Waals surface area contributed by atoms with E-state index in [-0.39, 0.29) is 12.7 Å². The monoisotopic (exact) mass is 295 g/mol. The summed E-state index contributed by atoms with van der Waals surface area (Å²) in [7, 11) is 0. The molecule has 1 aliphatic carbocycles. The third kappa shape index (κ3) is 2.67. The smallest absolute Gasteiger partial charge is 0.335 e. The number of hydrogen-bond acceptors (Lipinski definition) is 5. The average molecular weight is 295 g/mol. The third-order valence-electron chi connectivity index (χ3n) is 4.60. The van der Waals surface area contributed by atoms with Gasteiger partial charge in [0.1, 0.15) is 0 Å². The van der Waals surface area contributed by atoms with Crippen LogP contribution < -0.4 is 0 Å². The Morgan fingerprint density at radius 3 is 2.38 bits per heavy atom. The minimum Gasteiger partial charge on any atom is -0.392 e. The van der Waals surface area contributed by atoms with Crippen LogP contribution in [-0.2, 0) is 9.59 Å². The number of likely N-dealkylation sites (tertiary alicyclic amines) is 1. The van der Waals surface area contributed by atoms with Gasteiger partial charge in [-0.1, -0.05) is 12.8 Å². The number of carbonyl (C=O) groups is 3. The summed E-state index contributed by atoms with van der Waals surface area (Å²) in [5.41, 5.74) is 0. The fraction of sp³-hybridized carbons (Fsp3) is 0.786. The van der Waals surface area contributed by atoms with Crippen molar-refractivity contribution < 1.29 is 19.5 Å². The summed E-state index contributed by atoms with van der Waals surface area (Å²) in [6.45, 7) is 1.27. The lowest BCUT2D eigenvalue weighted by molar-refractivity contribution is -0.144. The number of urea groups is 1. The fourth-order valence-electron chi connectivity index (χ4n) is 3.49. The van der Waals surface area contributed by atoms with E-state index in [0.29, 0.717) is 6.54 Å². The van der Waals surface area contributed by atoms with Crippen LogP contribution >= 0.6 is 0 Å². The zero-order chi connectivity index (χ0) is 15.0. The van der Waals surface area contributed by atoms with E-state index in [0.717, 1.165) is 54.9 Å². The molecule has 4 amide bonds. The van der Waals surface area contributed by atoms with E-state index in [1.54, 1.807) is 0 Å². The Kier molecular flexibility index (Phi) is 3.95. The van der Waals surface area contributed by atoms with Crippen LogP contribution in [0.5, 0.6) is 0 Å². The molecular formula is C14H21N3O4. The average Bonchev–Trinajstić information content (AvgIpc) is 3.03. The van der Waals surface area contributed by atoms with Gasteiger partial charge in [0.15, 0.2) is 0 Å². The molecule has 0 aromatic carbocycles. The number of amides is 4. The quantitative estimate of drug-likeness (QED) is 0.591. The highest BCUT2D eigenvalue weighted by Gasteiger charge is 2.48. The van der Waals surface area contributed by atoms with Gasteiger partial charge in [-0.3, -0.25) is 19.4 Å². The second-order valence-electron chi connectivity index (χ2n) is 6.14. The minimum atomic E-state index is -0.730. The van der Waals surface area contributed by atoms with E-state index in [9.17, 15) is 19.5 Å². The van der Waals surface area contributed by atoms with E-state index >= 15 is 0 Å². The molecule has 7 nitrogen and oxygen atoms in total. The molecule has 2 saturated heterocycles. The molecule has 0 aromatic rings. The van der Waals surface area contributed by atoms with Gasteiger partial charge >= 0.3 is 17.8 Å². The summed E-state index contributed by atoms with van der Waals surface area (Å²) in [5, 5.41) is 9.65. The molecule has 0 radical (unpaired) electrons. The number of nitrogens with zero attached hydrogens (tertiary/aromatic N) is 3. The van der Waals surface area contributed by atoms with Gasteiger partial charge in [-0.15, -0.1) is 0 Å². The summed E-state index contributed by atoms with van der Waals surface area (Å²) < 4.78 is 0. The topological polar surface area (TPSA) is 81.2 Å². The van der Waals surface area contributed by atoms with Crippen LogP contribution in [0.25, 0.3) is 0 Å². The van der Waals surface area contributed by atoms with Crippen molar-refractivity contribution in [1.82, 2.24) is 14.7 Å². The largest absolute Gasteiger partial charge is 0.392 e. The molecule has 3 fully saturated rings. The molecule has 7 heteroatoms. The number of aliphatic hydroxyl groups is 1. The van der Waals surface area contributed by atoms with E-state index < -0.39 is 23.9 Å². The lowest BCUT2D eigenvalue weighted by Crippen LogP contribution is -2.47. The summed E-state index contributed by atoms with van der Waals surface area (Å²) >= 11 is 0. The highest BCUT2D eigenvalue weighted by atomic mass is 16.3. The Hall–Kier alpha value is -1.47. The number of aliphatic hydroxyl groups excluding tert-OH is 1. The van der Waals surface area contributed by atoms with E-state index in [4.69, 9.17) is 0 Å². The number of carbonyl (C=O) groups excluding carboxylic acids is 3. The third-order valence-corrected chi connectivity index (χ3v) is 4.60. The zero-order valence-electron chi connectivity index (χ0n) is 12.0. The van der Waals surface area contributed by atoms with Gasteiger partial charge in [-0.05, 0) is 25.7 Å². The van der Waals surface area contributed by atoms with Crippen molar-refractivity contribution in [2.45, 2.75) is 50.7 Å². The molecule has 1 N–H and O–H groups in total. The van der Waals surface area contributed by atoms with E-state index in [1.165, 1.54) is 0 Å². The number of piperidine rings is 1. The number of hydrogen-bond donors (Lipinski definition) is 1. The predicted octanol–water partition coefficient (Wildman–Crippen LogP) is 0.134. The van der Waals surface area contributed by atoms with Crippen LogP contribution in [-0.4, -0.2) is 69.6 Å². The van der Waals surface area contributed by atoms with Crippen molar-refractivity contribution in [3.05, 3.63) is 0 Å². The van der Waals surface area contributed by atoms with Crippen molar-refractivity contribution >= 4 is 17.8 Å². The number of imide groups is 2. The lowest BCUT2D eigenvalue weighted by Gasteiger charge is -2.32. The van der Waals surface area contributed by atoms with Gasteiger partial charge in [0.25, 0.3) is 0 Å². The lowest BCUT2D eigenvalue weighted by atomic mass is 10.1. The van der Waals surface area contributed by atoms with Crippen LogP contribution in [0.2, 0.25) is 0 Å². The fourth-order valence-corrected chi connectivity index (χ4v) is 3.49. The Morgan fingerprint density at radius 2 is 1.71 bits per heavy atom. The molecule has 0 unspecified atom stereocenters. The molecule has 21 heavy (non-hydrogen) atoms. The molecule has 3 rings (SSSR count). The Morgan fingerprint density at radius 1 is 1.00 bits per heavy atom. The molecule has 2 aliphatic heterocycles. The van der Waals surface area contributed by atoms with Crippen LogP contribution in [0.15, 0.2) is 0 Å². The molecule has 116 valence electrons. The normalized spacial score (nSPS) is 29.0. The van der Waals surface area contributed by atoms with Crippen molar-refractivity contribution in [2.75, 3.05) is 19.8 Å². The first-order chi connectivity index (χ1) is 10.1. The summed E-state index contributed by atoms with van der Waals surface area (Å²) in [6, 6.07) is -0.608. The molecule has 0 aromatic heterocycles. The first-order valence-corrected chi connectivity index (χ1v) is 7.67. The van der Waals surface area contributed by atoms with Gasteiger partial charge in [-0.25, -0.2) is 9.69 Å². The Balaban J connectivity index is 1.69. The van der Waals surface area contributed by atoms with Crippen molar-refractivity contribution in [1.29, 1.82) is 0 Å². The van der Waals surface area contributed by atoms with E-state index in [1.807, 2.05) is 4.90 Å². The standard InChI is InChI=1S/C14H21N3O4/c18-11-6-3-7-15(8-11)9-16-12(19)13(20)17(14(16)21)10-4-1-2-5-10/h10-11,18H,1-9H2/t11-/m0/s1. The van der Waals surface area contributed by atoms with E-state index in [2.05, 4.69) is 0 Å². The maximum Gasteiger partial charge on any atom is 0.335 e. The van der Waals surface area contributed by atoms with Crippen LogP contribution in [0, 0.1) is 0 Å². The van der Waals surface area contributed by atoms with Crippen LogP contribution in [0.1, 0.15) is 38.5 Å². The van der Waals surface area contributed by atoms with Gasteiger partial charge in [0.05, 0.1) is 12.8 Å². The van der Waals surface area contributed by atoms with Crippen molar-refractivity contribution in [3.63, 3.8) is 0 Å². The minimum absolute atomic E-state index is 0.101. The highest BCUT2D eigenvalue weighted by molar-refractivity contribution is 6.44. The molecule has 0 spiro atoms. The molecule has 1 atom stereocenters. The molecule has 3 aliphatic rings. The van der Waals surface area contributed by atoms with Crippen molar-refractivity contribution in [3.8, 4) is 0 Å². The first kappa shape index (κ1) is 14.5. The summed E-state index contributed by atoms with van der Waals surface area (Å²) in [4.78, 5) is 40.5. The number of rotatable bonds is 3. The Bertz CT molecular complexity index is 461. The maximum absolute atomic E-state index is 12.4. The second kappa shape index (κ2) is 5.73. The first-order valence-electron chi connectivity index (χ1n) is 7.67. The number of β-amino-alcohol motifs (C(OH)–C–C–N with tert-alkyl or cyclic N) is 1. The highest BCUT2D eigenvalue weighted by Crippen LogP contribution is 2.28. The van der Waals surface area contributed by atoms with Crippen molar-refractivity contribution in [2.24, 2.45) is 0 Å². The SMILES string of the molecule is O=C1C(=O)N(C2CCCC2)C(=O)N1CN1CCC[C@H](O)C1. The Labute approximate surface area is 123 Å². The predicted molar refractivity (Wildman–Crippen MR) is 73.0 cm³/mol. The van der Waals surface area contributed by atoms with Crippen LogP contribution in [0.3, 0.4) is 0 Å². The molecular weight excluding hydrogens is 274 g/mol. The molecule has 1 saturated carbocycles. The zero-order valence-corrected chi connectivity index (χ0v) is 12.0.